The van der Waals surface area contributed by atoms with E-state index in [0.29, 0.717) is 6.42 Å². The maximum atomic E-state index is 11.0. The van der Waals surface area contributed by atoms with Crippen LogP contribution < -0.4 is 0 Å². The molecule has 1 nitrogen and oxygen atoms in total. The van der Waals surface area contributed by atoms with Crippen molar-refractivity contribution < 1.29 is 4.79 Å². The molecule has 0 bridgehead atoms. The lowest BCUT2D eigenvalue weighted by Crippen LogP contribution is -2.21. The second-order valence-corrected chi connectivity index (χ2v) is 3.66. The highest BCUT2D eigenvalue weighted by Gasteiger charge is 2.25. The molecule has 1 heteroatoms. The largest absolute Gasteiger partial charge is 0.295 e. The van der Waals surface area contributed by atoms with Crippen LogP contribution in [0.25, 0.3) is 0 Å². The van der Waals surface area contributed by atoms with Gasteiger partial charge in [0.25, 0.3) is 0 Å². The van der Waals surface area contributed by atoms with Gasteiger partial charge in [0.15, 0.2) is 5.78 Å². The Hall–Kier alpha value is -0.590. The van der Waals surface area contributed by atoms with Gasteiger partial charge in [-0.05, 0) is 24.8 Å². The van der Waals surface area contributed by atoms with Gasteiger partial charge >= 0.3 is 0 Å². The molecule has 1 rings (SSSR count). The molecule has 0 atom stereocenters. The van der Waals surface area contributed by atoms with Crippen LogP contribution in [0.4, 0.5) is 0 Å². The van der Waals surface area contributed by atoms with Crippen LogP contribution in [0, 0.1) is 11.8 Å². The molecule has 1 radical (unpaired) electrons. The summed E-state index contributed by atoms with van der Waals surface area (Å²) in [7, 11) is 0. The first-order chi connectivity index (χ1) is 4.49. The average molecular weight is 137 g/mol. The summed E-state index contributed by atoms with van der Waals surface area (Å²) in [6.45, 7) is 6.14. The highest BCUT2D eigenvalue weighted by Crippen LogP contribution is 2.31. The fraction of sp³-hybridized carbons (Fsp3) is 0.556. The average Bonchev–Trinajstić information content (AvgIpc) is 1.54. The lowest BCUT2D eigenvalue weighted by molar-refractivity contribution is -0.116. The van der Waals surface area contributed by atoms with E-state index in [1.165, 1.54) is 0 Å². The van der Waals surface area contributed by atoms with E-state index < -0.39 is 0 Å². The summed E-state index contributed by atoms with van der Waals surface area (Å²) in [5, 5.41) is 0. The van der Waals surface area contributed by atoms with Gasteiger partial charge in [0, 0.05) is 6.42 Å². The standard InChI is InChI=1S/C9H13O/c1-7-4-8(10)6-9(2,3)5-7/h4-5H,6H2,1-3H3. The van der Waals surface area contributed by atoms with Gasteiger partial charge in [-0.1, -0.05) is 19.4 Å². The van der Waals surface area contributed by atoms with Gasteiger partial charge in [0.1, 0.15) is 0 Å². The fourth-order valence-corrected chi connectivity index (χ4v) is 1.46. The molecule has 1 aliphatic carbocycles. The summed E-state index contributed by atoms with van der Waals surface area (Å²) in [5.41, 5.74) is 1.18. The summed E-state index contributed by atoms with van der Waals surface area (Å²) >= 11 is 0. The van der Waals surface area contributed by atoms with Crippen LogP contribution in [0.3, 0.4) is 0 Å². The lowest BCUT2D eigenvalue weighted by Gasteiger charge is -2.26. The normalized spacial score (nSPS) is 24.3. The quantitative estimate of drug-likeness (QED) is 0.500. The van der Waals surface area contributed by atoms with Crippen LogP contribution in [0.15, 0.2) is 11.6 Å². The van der Waals surface area contributed by atoms with Crippen LogP contribution >= 0.6 is 0 Å². The first kappa shape index (κ1) is 7.52. The number of hydrogen-bond donors (Lipinski definition) is 0. The summed E-state index contributed by atoms with van der Waals surface area (Å²) in [4.78, 5) is 11.0. The third-order valence-electron chi connectivity index (χ3n) is 1.64. The number of carbonyl (C=O) groups is 1. The number of ketones is 1. The van der Waals surface area contributed by atoms with E-state index in [1.807, 2.05) is 6.92 Å². The van der Waals surface area contributed by atoms with Crippen molar-refractivity contribution in [2.75, 3.05) is 0 Å². The van der Waals surface area contributed by atoms with Crippen molar-refractivity contribution in [2.24, 2.45) is 5.41 Å². The molecule has 0 amide bonds. The van der Waals surface area contributed by atoms with Gasteiger partial charge in [-0.2, -0.15) is 0 Å². The van der Waals surface area contributed by atoms with Crippen molar-refractivity contribution in [1.29, 1.82) is 0 Å². The van der Waals surface area contributed by atoms with Crippen molar-refractivity contribution in [1.82, 2.24) is 0 Å². The highest BCUT2D eigenvalue weighted by molar-refractivity contribution is 5.92. The van der Waals surface area contributed by atoms with Gasteiger partial charge in [0.2, 0.25) is 0 Å². The van der Waals surface area contributed by atoms with Crippen molar-refractivity contribution in [3.05, 3.63) is 18.1 Å². The van der Waals surface area contributed by atoms with E-state index >= 15 is 0 Å². The number of hydrogen-bond acceptors (Lipinski definition) is 1. The minimum atomic E-state index is 0.0793. The molecule has 0 aromatic carbocycles. The minimum absolute atomic E-state index is 0.0793. The Morgan fingerprint density at radius 1 is 1.50 bits per heavy atom. The molecular formula is C9H13O. The van der Waals surface area contributed by atoms with E-state index in [9.17, 15) is 4.79 Å². The number of allylic oxidation sites excluding steroid dienone is 2. The van der Waals surface area contributed by atoms with E-state index in [-0.39, 0.29) is 11.2 Å². The maximum absolute atomic E-state index is 11.0. The summed E-state index contributed by atoms with van der Waals surface area (Å²) in [6, 6.07) is 0. The van der Waals surface area contributed by atoms with Gasteiger partial charge in [-0.3, -0.25) is 4.79 Å². The molecule has 0 aromatic rings. The van der Waals surface area contributed by atoms with Crippen LogP contribution in [0.1, 0.15) is 27.2 Å². The molecular weight excluding hydrogens is 124 g/mol. The van der Waals surface area contributed by atoms with Gasteiger partial charge in [-0.25, -0.2) is 0 Å². The maximum Gasteiger partial charge on any atom is 0.156 e. The zero-order chi connectivity index (χ0) is 7.78. The molecule has 0 spiro atoms. The second kappa shape index (κ2) is 2.22. The first-order valence-corrected chi connectivity index (χ1v) is 3.57. The first-order valence-electron chi connectivity index (χ1n) is 3.57. The molecule has 0 N–H and O–H groups in total. The molecule has 1 aliphatic rings. The van der Waals surface area contributed by atoms with Crippen LogP contribution in [-0.2, 0) is 4.79 Å². The summed E-state index contributed by atoms with van der Waals surface area (Å²) in [5.74, 6) is 0.255. The van der Waals surface area contributed by atoms with Crippen molar-refractivity contribution in [3.63, 3.8) is 0 Å². The molecule has 0 unspecified atom stereocenters. The molecule has 0 fully saturated rings. The van der Waals surface area contributed by atoms with E-state index in [1.54, 1.807) is 6.08 Å². The Balaban J connectivity index is 2.80. The van der Waals surface area contributed by atoms with Crippen molar-refractivity contribution >= 4 is 5.78 Å². The topological polar surface area (TPSA) is 17.1 Å². The molecule has 0 aliphatic heterocycles. The van der Waals surface area contributed by atoms with Gasteiger partial charge in [-0.15, -0.1) is 0 Å². The van der Waals surface area contributed by atoms with Crippen molar-refractivity contribution in [2.45, 2.75) is 27.2 Å². The fourth-order valence-electron chi connectivity index (χ4n) is 1.46. The Kier molecular flexibility index (Phi) is 1.67. The smallest absolute Gasteiger partial charge is 0.156 e. The van der Waals surface area contributed by atoms with E-state index in [2.05, 4.69) is 20.3 Å². The Labute approximate surface area is 62.1 Å². The molecule has 55 valence electrons. The predicted octanol–water partition coefficient (Wildman–Crippen LogP) is 2.14. The van der Waals surface area contributed by atoms with Crippen LogP contribution in [-0.4, -0.2) is 5.78 Å². The SMILES string of the molecule is CC1=CC(=O)CC(C)(C)[CH]1. The van der Waals surface area contributed by atoms with E-state index in [4.69, 9.17) is 0 Å². The minimum Gasteiger partial charge on any atom is -0.295 e. The molecule has 0 aromatic heterocycles. The summed E-state index contributed by atoms with van der Waals surface area (Å²) in [6.07, 6.45) is 4.52. The van der Waals surface area contributed by atoms with Crippen LogP contribution in [0.2, 0.25) is 0 Å². The van der Waals surface area contributed by atoms with Gasteiger partial charge in [0.05, 0.1) is 0 Å². The molecule has 10 heavy (non-hydrogen) atoms. The summed E-state index contributed by atoms with van der Waals surface area (Å²) < 4.78 is 0. The van der Waals surface area contributed by atoms with E-state index in [0.717, 1.165) is 5.57 Å². The monoisotopic (exact) mass is 137 g/mol. The Morgan fingerprint density at radius 3 is 2.50 bits per heavy atom. The highest BCUT2D eigenvalue weighted by atomic mass is 16.1. The number of carbonyl (C=O) groups excluding carboxylic acids is 1. The second-order valence-electron chi connectivity index (χ2n) is 3.66. The Bertz CT molecular complexity index is 187. The number of rotatable bonds is 0. The molecule has 0 heterocycles. The van der Waals surface area contributed by atoms with Crippen LogP contribution in [0.5, 0.6) is 0 Å². The zero-order valence-electron chi connectivity index (χ0n) is 6.77. The third-order valence-corrected chi connectivity index (χ3v) is 1.64. The molecule has 0 saturated heterocycles. The molecule has 0 saturated carbocycles. The third kappa shape index (κ3) is 1.69. The zero-order valence-corrected chi connectivity index (χ0v) is 6.77. The van der Waals surface area contributed by atoms with Crippen molar-refractivity contribution in [3.8, 4) is 0 Å². The predicted molar refractivity (Wildman–Crippen MR) is 41.5 cm³/mol. The van der Waals surface area contributed by atoms with Gasteiger partial charge < -0.3 is 0 Å². The Morgan fingerprint density at radius 2 is 2.10 bits per heavy atom. The lowest BCUT2D eigenvalue weighted by atomic mass is 9.77.